The molecule has 0 saturated carbocycles. The number of hydrogen-bond donors (Lipinski definition) is 3. The first kappa shape index (κ1) is 10.1. The van der Waals surface area contributed by atoms with Crippen molar-refractivity contribution in [1.29, 1.82) is 0 Å². The van der Waals surface area contributed by atoms with Crippen LogP contribution in [0.15, 0.2) is 6.07 Å². The minimum Gasteiger partial charge on any atom is -0.507 e. The summed E-state index contributed by atoms with van der Waals surface area (Å²) in [5.74, 6) is -1.57. The molecule has 0 bridgehead atoms. The monoisotopic (exact) mass is 294 g/mol. The van der Waals surface area contributed by atoms with Crippen molar-refractivity contribution in [3.8, 4) is 11.5 Å². The molecule has 0 heterocycles. The molecule has 3 N–H and O–H groups in total. The third-order valence-electron chi connectivity index (χ3n) is 1.70. The predicted molar refractivity (Wildman–Crippen MR) is 54.2 cm³/mol. The Morgan fingerprint density at radius 2 is 2.00 bits per heavy atom. The van der Waals surface area contributed by atoms with Gasteiger partial charge in [0.05, 0.1) is 9.13 Å². The zero-order valence-electron chi connectivity index (χ0n) is 6.71. The number of aromatic carboxylic acids is 1. The number of benzene rings is 1. The Balaban J connectivity index is 3.50. The van der Waals surface area contributed by atoms with Crippen LogP contribution in [0.5, 0.6) is 11.5 Å². The van der Waals surface area contributed by atoms with Crippen molar-refractivity contribution in [1.82, 2.24) is 0 Å². The molecule has 4 nitrogen and oxygen atoms in total. The van der Waals surface area contributed by atoms with E-state index < -0.39 is 5.97 Å². The van der Waals surface area contributed by atoms with E-state index in [0.717, 1.165) is 6.07 Å². The number of carboxylic acids is 1. The van der Waals surface area contributed by atoms with E-state index in [2.05, 4.69) is 0 Å². The van der Waals surface area contributed by atoms with Gasteiger partial charge in [-0.3, -0.25) is 0 Å². The molecule has 1 aromatic carbocycles. The molecule has 70 valence electrons. The third-order valence-corrected chi connectivity index (χ3v) is 2.77. The maximum absolute atomic E-state index is 10.6. The average molecular weight is 294 g/mol. The van der Waals surface area contributed by atoms with Gasteiger partial charge in [-0.1, -0.05) is 0 Å². The van der Waals surface area contributed by atoms with Crippen LogP contribution in [0, 0.1) is 10.5 Å². The Labute approximate surface area is 88.0 Å². The van der Waals surface area contributed by atoms with E-state index >= 15 is 0 Å². The standard InChI is InChI=1S/C8H7IO4/c1-3-4(8(12)13)2-5(10)6(9)7(3)11/h2,10-11H,1H3,(H,12,13). The lowest BCUT2D eigenvalue weighted by atomic mass is 10.1. The van der Waals surface area contributed by atoms with Gasteiger partial charge in [0.15, 0.2) is 0 Å². The number of hydrogen-bond acceptors (Lipinski definition) is 3. The molecule has 0 saturated heterocycles. The third kappa shape index (κ3) is 1.69. The van der Waals surface area contributed by atoms with Crippen LogP contribution < -0.4 is 0 Å². The summed E-state index contributed by atoms with van der Waals surface area (Å²) in [6.45, 7) is 1.49. The van der Waals surface area contributed by atoms with Crippen molar-refractivity contribution in [2.45, 2.75) is 6.92 Å². The van der Waals surface area contributed by atoms with Gasteiger partial charge in [-0.05, 0) is 35.6 Å². The highest BCUT2D eigenvalue weighted by atomic mass is 127. The molecule has 0 atom stereocenters. The summed E-state index contributed by atoms with van der Waals surface area (Å²) < 4.78 is 0.264. The molecule has 1 aromatic rings. The first-order valence-electron chi connectivity index (χ1n) is 3.39. The van der Waals surface area contributed by atoms with Crippen molar-refractivity contribution in [3.63, 3.8) is 0 Å². The van der Waals surface area contributed by atoms with Crippen molar-refractivity contribution < 1.29 is 20.1 Å². The van der Waals surface area contributed by atoms with Crippen molar-refractivity contribution in [2.24, 2.45) is 0 Å². The molecule has 0 fully saturated rings. The molecule has 0 aliphatic heterocycles. The summed E-state index contributed by atoms with van der Waals surface area (Å²) >= 11 is 1.74. The van der Waals surface area contributed by atoms with Crippen LogP contribution in [0.25, 0.3) is 0 Å². The van der Waals surface area contributed by atoms with E-state index in [4.69, 9.17) is 5.11 Å². The number of phenolic OH excluding ortho intramolecular Hbond substituents is 2. The van der Waals surface area contributed by atoms with E-state index in [1.165, 1.54) is 6.92 Å². The molecular formula is C8H7IO4. The van der Waals surface area contributed by atoms with Gasteiger partial charge in [-0.15, -0.1) is 0 Å². The normalized spacial score (nSPS) is 10.0. The number of phenols is 2. The van der Waals surface area contributed by atoms with Gasteiger partial charge in [-0.2, -0.15) is 0 Å². The van der Waals surface area contributed by atoms with Gasteiger partial charge in [0.2, 0.25) is 0 Å². The second-order valence-corrected chi connectivity index (χ2v) is 3.61. The molecule has 0 radical (unpaired) electrons. The predicted octanol–water partition coefficient (Wildman–Crippen LogP) is 1.71. The Morgan fingerprint density at radius 3 is 2.46 bits per heavy atom. The Morgan fingerprint density at radius 1 is 1.46 bits per heavy atom. The molecule has 0 unspecified atom stereocenters. The minimum absolute atomic E-state index is 0.0876. The Hall–Kier alpha value is -0.980. The maximum Gasteiger partial charge on any atom is 0.336 e. The van der Waals surface area contributed by atoms with Crippen LogP contribution in [0.2, 0.25) is 0 Å². The first-order valence-corrected chi connectivity index (χ1v) is 4.47. The topological polar surface area (TPSA) is 77.8 Å². The summed E-state index contributed by atoms with van der Waals surface area (Å²) in [4.78, 5) is 10.6. The molecular weight excluding hydrogens is 287 g/mol. The summed E-state index contributed by atoms with van der Waals surface area (Å²) in [7, 11) is 0. The number of aromatic hydroxyl groups is 2. The smallest absolute Gasteiger partial charge is 0.336 e. The van der Waals surface area contributed by atoms with Gasteiger partial charge >= 0.3 is 5.97 Å². The van der Waals surface area contributed by atoms with Crippen molar-refractivity contribution >= 4 is 28.6 Å². The van der Waals surface area contributed by atoms with Gasteiger partial charge in [0, 0.05) is 5.56 Å². The Bertz CT molecular complexity index is 373. The molecule has 0 aromatic heterocycles. The fourth-order valence-corrected chi connectivity index (χ4v) is 1.50. The zero-order chi connectivity index (χ0) is 10.2. The lowest BCUT2D eigenvalue weighted by Crippen LogP contribution is -2.00. The minimum atomic E-state index is -1.17. The summed E-state index contributed by atoms with van der Waals surface area (Å²) in [5.41, 5.74) is 0.171. The van der Waals surface area contributed by atoms with Gasteiger partial charge < -0.3 is 15.3 Å². The lowest BCUT2D eigenvalue weighted by molar-refractivity contribution is 0.0695. The Kier molecular flexibility index (Phi) is 2.65. The van der Waals surface area contributed by atoms with E-state index in [1.807, 2.05) is 0 Å². The molecule has 0 amide bonds. The van der Waals surface area contributed by atoms with Crippen LogP contribution in [0.1, 0.15) is 15.9 Å². The van der Waals surface area contributed by atoms with E-state index in [0.29, 0.717) is 0 Å². The summed E-state index contributed by atoms with van der Waals surface area (Å²) in [5, 5.41) is 27.3. The van der Waals surface area contributed by atoms with Crippen LogP contribution in [-0.4, -0.2) is 21.3 Å². The second kappa shape index (κ2) is 3.41. The summed E-state index contributed by atoms with van der Waals surface area (Å²) in [6, 6.07) is 1.12. The molecule has 5 heteroatoms. The lowest BCUT2D eigenvalue weighted by Gasteiger charge is -2.07. The highest BCUT2D eigenvalue weighted by Gasteiger charge is 2.16. The average Bonchev–Trinajstić information content (AvgIpc) is 2.07. The van der Waals surface area contributed by atoms with Gasteiger partial charge in [-0.25, -0.2) is 4.79 Å². The molecule has 0 aliphatic carbocycles. The highest BCUT2D eigenvalue weighted by Crippen LogP contribution is 2.33. The van der Waals surface area contributed by atoms with Crippen molar-refractivity contribution in [3.05, 3.63) is 20.8 Å². The van der Waals surface area contributed by atoms with Crippen LogP contribution in [-0.2, 0) is 0 Å². The van der Waals surface area contributed by atoms with Crippen LogP contribution >= 0.6 is 22.6 Å². The van der Waals surface area contributed by atoms with E-state index in [-0.39, 0.29) is 26.2 Å². The van der Waals surface area contributed by atoms with E-state index in [1.54, 1.807) is 22.6 Å². The maximum atomic E-state index is 10.6. The number of rotatable bonds is 1. The van der Waals surface area contributed by atoms with Crippen molar-refractivity contribution in [2.75, 3.05) is 0 Å². The van der Waals surface area contributed by atoms with Crippen LogP contribution in [0.4, 0.5) is 0 Å². The van der Waals surface area contributed by atoms with E-state index in [9.17, 15) is 15.0 Å². The van der Waals surface area contributed by atoms with Gasteiger partial charge in [0.25, 0.3) is 0 Å². The summed E-state index contributed by atoms with van der Waals surface area (Å²) in [6.07, 6.45) is 0. The zero-order valence-corrected chi connectivity index (χ0v) is 8.86. The fourth-order valence-electron chi connectivity index (χ4n) is 0.944. The second-order valence-electron chi connectivity index (χ2n) is 2.54. The number of carboxylic acid groups (broad SMARTS) is 1. The number of carbonyl (C=O) groups is 1. The molecule has 1 rings (SSSR count). The molecule has 0 spiro atoms. The van der Waals surface area contributed by atoms with Crippen LogP contribution in [0.3, 0.4) is 0 Å². The van der Waals surface area contributed by atoms with Gasteiger partial charge in [0.1, 0.15) is 11.5 Å². The quantitative estimate of drug-likeness (QED) is 0.689. The molecule has 13 heavy (non-hydrogen) atoms. The largest absolute Gasteiger partial charge is 0.507 e. The SMILES string of the molecule is Cc1c(C(=O)O)cc(O)c(I)c1O. The number of halogens is 1. The molecule has 0 aliphatic rings. The fraction of sp³-hybridized carbons (Fsp3) is 0.125. The highest BCUT2D eigenvalue weighted by molar-refractivity contribution is 14.1. The first-order chi connectivity index (χ1) is 5.95.